The smallest absolute Gasteiger partial charge is 0.259 e. The third-order valence-corrected chi connectivity index (χ3v) is 4.63. The standard InChI is InChI=1S/C20H21ClN2O4/c1-3-23(4-2)20(25)14-9-8-13(12-16(14)21)22-19(24)15-6-5-7-17-18(15)27-11-10-26-17/h5-9,12H,3-4,10-11H2,1-2H3,(H,22,24). The van der Waals surface area contributed by atoms with E-state index in [4.69, 9.17) is 21.1 Å². The number of hydrogen-bond donors (Lipinski definition) is 1. The summed E-state index contributed by atoms with van der Waals surface area (Å²) in [7, 11) is 0. The van der Waals surface area contributed by atoms with Gasteiger partial charge >= 0.3 is 0 Å². The van der Waals surface area contributed by atoms with Crippen LogP contribution in [-0.4, -0.2) is 43.0 Å². The summed E-state index contributed by atoms with van der Waals surface area (Å²) in [4.78, 5) is 26.8. The van der Waals surface area contributed by atoms with E-state index >= 15 is 0 Å². The zero-order valence-electron chi connectivity index (χ0n) is 15.3. The van der Waals surface area contributed by atoms with Crippen LogP contribution in [-0.2, 0) is 0 Å². The van der Waals surface area contributed by atoms with Crippen LogP contribution in [0.3, 0.4) is 0 Å². The number of ether oxygens (including phenoxy) is 2. The van der Waals surface area contributed by atoms with Gasteiger partial charge in [0.05, 0.1) is 16.1 Å². The molecule has 1 aliphatic rings. The molecule has 2 aromatic carbocycles. The van der Waals surface area contributed by atoms with Crippen molar-refractivity contribution >= 4 is 29.1 Å². The molecule has 0 atom stereocenters. The van der Waals surface area contributed by atoms with E-state index in [-0.39, 0.29) is 11.8 Å². The summed E-state index contributed by atoms with van der Waals surface area (Å²) in [5.74, 6) is 0.509. The molecule has 0 spiro atoms. The molecule has 0 saturated heterocycles. The van der Waals surface area contributed by atoms with Gasteiger partial charge in [0, 0.05) is 18.8 Å². The summed E-state index contributed by atoms with van der Waals surface area (Å²) >= 11 is 6.28. The Morgan fingerprint density at radius 3 is 2.52 bits per heavy atom. The normalized spacial score (nSPS) is 12.4. The molecular formula is C20H21ClN2O4. The molecule has 0 saturated carbocycles. The van der Waals surface area contributed by atoms with E-state index in [2.05, 4.69) is 5.32 Å². The van der Waals surface area contributed by atoms with E-state index in [1.807, 2.05) is 13.8 Å². The number of fused-ring (bicyclic) bond motifs is 1. The number of halogens is 1. The van der Waals surface area contributed by atoms with Gasteiger partial charge in [-0.05, 0) is 44.2 Å². The van der Waals surface area contributed by atoms with Crippen LogP contribution in [0.5, 0.6) is 11.5 Å². The molecule has 3 rings (SSSR count). The van der Waals surface area contributed by atoms with Crippen molar-refractivity contribution in [1.29, 1.82) is 0 Å². The highest BCUT2D eigenvalue weighted by atomic mass is 35.5. The van der Waals surface area contributed by atoms with Gasteiger partial charge < -0.3 is 19.7 Å². The van der Waals surface area contributed by atoms with Gasteiger partial charge in [-0.2, -0.15) is 0 Å². The van der Waals surface area contributed by atoms with Crippen LogP contribution in [0.4, 0.5) is 5.69 Å². The first kappa shape index (κ1) is 19.0. The van der Waals surface area contributed by atoms with Crippen molar-refractivity contribution in [2.24, 2.45) is 0 Å². The fraction of sp³-hybridized carbons (Fsp3) is 0.300. The van der Waals surface area contributed by atoms with Gasteiger partial charge in [-0.3, -0.25) is 9.59 Å². The molecule has 1 heterocycles. The minimum absolute atomic E-state index is 0.134. The van der Waals surface area contributed by atoms with Crippen molar-refractivity contribution in [2.75, 3.05) is 31.6 Å². The Hall–Kier alpha value is -2.73. The largest absolute Gasteiger partial charge is 0.486 e. The van der Waals surface area contributed by atoms with Crippen LogP contribution < -0.4 is 14.8 Å². The number of anilines is 1. The van der Waals surface area contributed by atoms with Crippen LogP contribution in [0.15, 0.2) is 36.4 Å². The highest BCUT2D eigenvalue weighted by Crippen LogP contribution is 2.34. The molecule has 6 nitrogen and oxygen atoms in total. The fourth-order valence-electron chi connectivity index (χ4n) is 2.90. The Morgan fingerprint density at radius 2 is 1.81 bits per heavy atom. The number of benzene rings is 2. The average molecular weight is 389 g/mol. The van der Waals surface area contributed by atoms with Crippen molar-refractivity contribution < 1.29 is 19.1 Å². The van der Waals surface area contributed by atoms with Crippen LogP contribution in [0.1, 0.15) is 34.6 Å². The molecule has 2 aromatic rings. The second kappa shape index (κ2) is 8.31. The van der Waals surface area contributed by atoms with E-state index in [0.717, 1.165) is 0 Å². The maximum Gasteiger partial charge on any atom is 0.259 e. The van der Waals surface area contributed by atoms with Gasteiger partial charge in [0.2, 0.25) is 0 Å². The number of carbonyl (C=O) groups is 2. The molecule has 0 radical (unpaired) electrons. The predicted octanol–water partition coefficient (Wildman–Crippen LogP) is 3.85. The Morgan fingerprint density at radius 1 is 1.07 bits per heavy atom. The highest BCUT2D eigenvalue weighted by Gasteiger charge is 2.21. The second-order valence-electron chi connectivity index (χ2n) is 5.96. The average Bonchev–Trinajstić information content (AvgIpc) is 2.68. The first-order valence-electron chi connectivity index (χ1n) is 8.84. The van der Waals surface area contributed by atoms with Crippen molar-refractivity contribution in [1.82, 2.24) is 4.90 Å². The number of rotatable bonds is 5. The Bertz CT molecular complexity index is 865. The lowest BCUT2D eigenvalue weighted by Gasteiger charge is -2.21. The molecule has 7 heteroatoms. The van der Waals surface area contributed by atoms with Crippen molar-refractivity contribution in [3.05, 3.63) is 52.5 Å². The van der Waals surface area contributed by atoms with E-state index in [1.165, 1.54) is 0 Å². The summed E-state index contributed by atoms with van der Waals surface area (Å²) in [6.45, 7) is 5.88. The molecule has 1 N–H and O–H groups in total. The summed E-state index contributed by atoms with van der Waals surface area (Å²) in [5, 5.41) is 3.08. The number of amides is 2. The van der Waals surface area contributed by atoms with Gasteiger partial charge in [-0.1, -0.05) is 17.7 Å². The molecule has 142 valence electrons. The molecule has 0 bridgehead atoms. The lowest BCUT2D eigenvalue weighted by atomic mass is 10.1. The van der Waals surface area contributed by atoms with Gasteiger partial charge in [0.1, 0.15) is 13.2 Å². The quantitative estimate of drug-likeness (QED) is 0.844. The van der Waals surface area contributed by atoms with E-state index < -0.39 is 0 Å². The number of carbonyl (C=O) groups excluding carboxylic acids is 2. The van der Waals surface area contributed by atoms with Gasteiger partial charge in [-0.25, -0.2) is 0 Å². The Balaban J connectivity index is 1.80. The summed E-state index contributed by atoms with van der Waals surface area (Å²) in [6, 6.07) is 10.0. The van der Waals surface area contributed by atoms with Crippen LogP contribution >= 0.6 is 11.6 Å². The van der Waals surface area contributed by atoms with Gasteiger partial charge in [-0.15, -0.1) is 0 Å². The highest BCUT2D eigenvalue weighted by molar-refractivity contribution is 6.34. The van der Waals surface area contributed by atoms with Crippen molar-refractivity contribution in [3.8, 4) is 11.5 Å². The molecule has 2 amide bonds. The fourth-order valence-corrected chi connectivity index (χ4v) is 3.16. The molecule has 0 aromatic heterocycles. The molecule has 0 fully saturated rings. The third-order valence-electron chi connectivity index (χ3n) is 4.32. The number of hydrogen-bond acceptors (Lipinski definition) is 4. The minimum atomic E-state index is -0.337. The molecule has 0 aliphatic carbocycles. The maximum atomic E-state index is 12.7. The zero-order chi connectivity index (χ0) is 19.4. The van der Waals surface area contributed by atoms with Gasteiger partial charge in [0.15, 0.2) is 11.5 Å². The SMILES string of the molecule is CCN(CC)C(=O)c1ccc(NC(=O)c2cccc3c2OCCO3)cc1Cl. The van der Waals surface area contributed by atoms with E-state index in [0.29, 0.717) is 59.6 Å². The predicted molar refractivity (Wildman–Crippen MR) is 104 cm³/mol. The van der Waals surface area contributed by atoms with E-state index in [1.54, 1.807) is 41.3 Å². The first-order chi connectivity index (χ1) is 13.0. The Kier molecular flexibility index (Phi) is 5.86. The van der Waals surface area contributed by atoms with Crippen molar-refractivity contribution in [3.63, 3.8) is 0 Å². The summed E-state index contributed by atoms with van der Waals surface area (Å²) < 4.78 is 11.1. The van der Waals surface area contributed by atoms with Crippen LogP contribution in [0.25, 0.3) is 0 Å². The maximum absolute atomic E-state index is 12.7. The topological polar surface area (TPSA) is 67.9 Å². The van der Waals surface area contributed by atoms with Crippen molar-refractivity contribution in [2.45, 2.75) is 13.8 Å². The summed E-state index contributed by atoms with van der Waals surface area (Å²) in [6.07, 6.45) is 0. The Labute approximate surface area is 163 Å². The number of nitrogens with zero attached hydrogens (tertiary/aromatic N) is 1. The summed E-state index contributed by atoms with van der Waals surface area (Å²) in [5.41, 5.74) is 1.29. The first-order valence-corrected chi connectivity index (χ1v) is 9.21. The van der Waals surface area contributed by atoms with E-state index in [9.17, 15) is 9.59 Å². The van der Waals surface area contributed by atoms with Crippen LogP contribution in [0, 0.1) is 0 Å². The molecule has 0 unspecified atom stereocenters. The monoisotopic (exact) mass is 388 g/mol. The molecule has 27 heavy (non-hydrogen) atoms. The van der Waals surface area contributed by atoms with Gasteiger partial charge in [0.25, 0.3) is 11.8 Å². The molecule has 1 aliphatic heterocycles. The minimum Gasteiger partial charge on any atom is -0.486 e. The number of nitrogens with one attached hydrogen (secondary N) is 1. The third kappa shape index (κ3) is 4.01. The van der Waals surface area contributed by atoms with Crippen LogP contribution in [0.2, 0.25) is 5.02 Å². The second-order valence-corrected chi connectivity index (χ2v) is 6.36. The zero-order valence-corrected chi connectivity index (χ0v) is 16.0. The lowest BCUT2D eigenvalue weighted by molar-refractivity contribution is 0.0773. The number of para-hydroxylation sites is 1. The lowest BCUT2D eigenvalue weighted by Crippen LogP contribution is -2.30. The molecular weight excluding hydrogens is 368 g/mol.